The van der Waals surface area contributed by atoms with Crippen molar-refractivity contribution in [2.75, 3.05) is 5.32 Å². The number of alkyl halides is 3. The standard InChI is InChI=1S/C37H30F3N3O7/c38-37(39,40)50-28-12-5-22(6-13-28)34(44)42-26-10-16-27(17-11-26)48-29-14-7-24-20-30(15-8-23(24)19-29)49-33-18-9-25(21-41-33)35(45)43-32-4-2-1-3-31(32)36(46)47/h1-9,12-15,18-21,26-27H,10-11,16-17H2,(H,42,44)(H,43,45)(H,46,47). The molecule has 2 amide bonds. The van der Waals surface area contributed by atoms with Crippen LogP contribution in [-0.4, -0.2) is 46.4 Å². The minimum atomic E-state index is -4.79. The van der Waals surface area contributed by atoms with Gasteiger partial charge < -0.3 is 30.0 Å². The van der Waals surface area contributed by atoms with Crippen molar-refractivity contribution in [2.24, 2.45) is 0 Å². The number of amides is 2. The topological polar surface area (TPSA) is 136 Å². The molecule has 0 saturated heterocycles. The number of rotatable bonds is 10. The number of carbonyl (C=O) groups is 3. The third kappa shape index (κ3) is 8.67. The summed E-state index contributed by atoms with van der Waals surface area (Å²) in [6.45, 7) is 0. The van der Waals surface area contributed by atoms with Crippen molar-refractivity contribution >= 4 is 34.2 Å². The summed E-state index contributed by atoms with van der Waals surface area (Å²) in [5, 5.41) is 16.7. The molecule has 0 bridgehead atoms. The van der Waals surface area contributed by atoms with Crippen molar-refractivity contribution < 1.29 is 46.9 Å². The zero-order valence-corrected chi connectivity index (χ0v) is 26.3. The van der Waals surface area contributed by atoms with Crippen molar-refractivity contribution in [2.45, 2.75) is 44.2 Å². The normalized spacial score (nSPS) is 15.9. The first-order chi connectivity index (χ1) is 24.0. The van der Waals surface area contributed by atoms with Gasteiger partial charge in [-0.25, -0.2) is 9.78 Å². The SMILES string of the molecule is O=C(Nc1ccccc1C(=O)O)c1ccc(Oc2ccc3cc(OC4CCC(NC(=O)c5ccc(OC(F)(F)F)cc5)CC4)ccc3c2)nc1. The minimum absolute atomic E-state index is 0.0219. The molecule has 0 radical (unpaired) electrons. The van der Waals surface area contributed by atoms with Gasteiger partial charge >= 0.3 is 12.3 Å². The fourth-order valence-electron chi connectivity index (χ4n) is 5.60. The van der Waals surface area contributed by atoms with Crippen molar-refractivity contribution in [1.82, 2.24) is 10.3 Å². The molecule has 0 atom stereocenters. The molecule has 1 saturated carbocycles. The van der Waals surface area contributed by atoms with Gasteiger partial charge in [-0.1, -0.05) is 24.3 Å². The van der Waals surface area contributed by atoms with Gasteiger partial charge in [0.15, 0.2) is 0 Å². The number of carboxylic acids is 1. The molecule has 13 heteroatoms. The van der Waals surface area contributed by atoms with Crippen LogP contribution in [0.2, 0.25) is 0 Å². The predicted molar refractivity (Wildman–Crippen MR) is 177 cm³/mol. The first-order valence-electron chi connectivity index (χ1n) is 15.6. The van der Waals surface area contributed by atoms with Gasteiger partial charge in [-0.3, -0.25) is 9.59 Å². The van der Waals surface area contributed by atoms with Crippen LogP contribution in [0.1, 0.15) is 56.8 Å². The number of para-hydroxylation sites is 1. The maximum absolute atomic E-state index is 12.7. The van der Waals surface area contributed by atoms with Gasteiger partial charge in [0.2, 0.25) is 5.88 Å². The van der Waals surface area contributed by atoms with Crippen LogP contribution < -0.4 is 24.8 Å². The van der Waals surface area contributed by atoms with Gasteiger partial charge in [0.25, 0.3) is 11.8 Å². The van der Waals surface area contributed by atoms with Crippen LogP contribution in [0.4, 0.5) is 18.9 Å². The van der Waals surface area contributed by atoms with E-state index in [0.717, 1.165) is 35.7 Å². The lowest BCUT2D eigenvalue weighted by Gasteiger charge is -2.29. The Morgan fingerprint density at radius 3 is 2.04 bits per heavy atom. The monoisotopic (exact) mass is 685 g/mol. The van der Waals surface area contributed by atoms with E-state index in [1.165, 1.54) is 36.5 Å². The molecule has 10 nitrogen and oxygen atoms in total. The van der Waals surface area contributed by atoms with Crippen LogP contribution in [-0.2, 0) is 0 Å². The summed E-state index contributed by atoms with van der Waals surface area (Å²) < 4.78 is 53.1. The number of ether oxygens (including phenoxy) is 3. The van der Waals surface area contributed by atoms with E-state index in [-0.39, 0.29) is 52.1 Å². The van der Waals surface area contributed by atoms with Gasteiger partial charge in [-0.05, 0) is 103 Å². The molecule has 1 aliphatic rings. The number of halogens is 3. The lowest BCUT2D eigenvalue weighted by molar-refractivity contribution is -0.274. The van der Waals surface area contributed by atoms with Crippen LogP contribution in [0.15, 0.2) is 103 Å². The summed E-state index contributed by atoms with van der Waals surface area (Å²) in [5.41, 5.74) is 0.638. The summed E-state index contributed by atoms with van der Waals surface area (Å²) in [6, 6.07) is 25.2. The number of fused-ring (bicyclic) bond motifs is 1. The number of carboxylic acid groups (broad SMARTS) is 1. The van der Waals surface area contributed by atoms with E-state index in [9.17, 15) is 32.7 Å². The molecule has 50 heavy (non-hydrogen) atoms. The molecule has 1 aliphatic carbocycles. The molecule has 3 N–H and O–H groups in total. The highest BCUT2D eigenvalue weighted by molar-refractivity contribution is 6.07. The predicted octanol–water partition coefficient (Wildman–Crippen LogP) is 8.00. The largest absolute Gasteiger partial charge is 0.573 e. The number of hydrogen-bond donors (Lipinski definition) is 3. The Hall–Kier alpha value is -6.11. The number of benzene rings is 4. The van der Waals surface area contributed by atoms with E-state index in [1.807, 2.05) is 30.3 Å². The molecule has 256 valence electrons. The Kier molecular flexibility index (Phi) is 9.84. The Morgan fingerprint density at radius 2 is 1.38 bits per heavy atom. The first kappa shape index (κ1) is 33.8. The van der Waals surface area contributed by atoms with Crippen LogP contribution >= 0.6 is 0 Å². The molecule has 0 spiro atoms. The Labute approximate surface area is 283 Å². The van der Waals surface area contributed by atoms with E-state index in [2.05, 4.69) is 20.4 Å². The van der Waals surface area contributed by atoms with Crippen LogP contribution in [0.3, 0.4) is 0 Å². The number of hydrogen-bond acceptors (Lipinski definition) is 7. The van der Waals surface area contributed by atoms with E-state index in [4.69, 9.17) is 9.47 Å². The summed E-state index contributed by atoms with van der Waals surface area (Å²) in [4.78, 5) is 40.9. The Morgan fingerprint density at radius 1 is 0.740 bits per heavy atom. The number of aromatic nitrogens is 1. The number of anilines is 1. The molecule has 1 heterocycles. The first-order valence-corrected chi connectivity index (χ1v) is 15.6. The number of pyridine rings is 1. The number of nitrogens with one attached hydrogen (secondary N) is 2. The van der Waals surface area contributed by atoms with Gasteiger partial charge in [-0.2, -0.15) is 0 Å². The molecule has 1 fully saturated rings. The minimum Gasteiger partial charge on any atom is -0.490 e. The lowest BCUT2D eigenvalue weighted by Crippen LogP contribution is -2.39. The molecule has 6 rings (SSSR count). The van der Waals surface area contributed by atoms with Crippen LogP contribution in [0.5, 0.6) is 23.1 Å². The summed E-state index contributed by atoms with van der Waals surface area (Å²) in [5.74, 6) is -0.884. The molecule has 1 aromatic heterocycles. The van der Waals surface area contributed by atoms with Crippen molar-refractivity contribution in [1.29, 1.82) is 0 Å². The summed E-state index contributed by atoms with van der Waals surface area (Å²) >= 11 is 0. The van der Waals surface area contributed by atoms with Crippen LogP contribution in [0, 0.1) is 0 Å². The third-order valence-electron chi connectivity index (χ3n) is 8.07. The highest BCUT2D eigenvalue weighted by Gasteiger charge is 2.31. The third-order valence-corrected chi connectivity index (χ3v) is 8.07. The number of carbonyl (C=O) groups excluding carboxylic acids is 2. The van der Waals surface area contributed by atoms with Gasteiger partial charge in [0, 0.05) is 23.9 Å². The van der Waals surface area contributed by atoms with Crippen molar-refractivity contribution in [3.8, 4) is 23.1 Å². The Balaban J connectivity index is 0.986. The van der Waals surface area contributed by atoms with Crippen LogP contribution in [0.25, 0.3) is 10.8 Å². The van der Waals surface area contributed by atoms with Crippen molar-refractivity contribution in [3.63, 3.8) is 0 Å². The fraction of sp³-hybridized carbons (Fsp3) is 0.189. The second kappa shape index (κ2) is 14.6. The zero-order valence-electron chi connectivity index (χ0n) is 26.3. The maximum atomic E-state index is 12.7. The van der Waals surface area contributed by atoms with E-state index in [0.29, 0.717) is 24.3 Å². The van der Waals surface area contributed by atoms with Crippen molar-refractivity contribution in [3.05, 3.63) is 120 Å². The summed E-state index contributed by atoms with van der Waals surface area (Å²) in [6.07, 6.45) is -0.661. The molecule has 5 aromatic rings. The van der Waals surface area contributed by atoms with Gasteiger partial charge in [0.1, 0.15) is 17.2 Å². The molecule has 4 aromatic carbocycles. The second-order valence-electron chi connectivity index (χ2n) is 11.6. The highest BCUT2D eigenvalue weighted by Crippen LogP contribution is 2.30. The quantitative estimate of drug-likeness (QED) is 0.135. The average molecular weight is 686 g/mol. The van der Waals surface area contributed by atoms with E-state index >= 15 is 0 Å². The maximum Gasteiger partial charge on any atom is 0.573 e. The van der Waals surface area contributed by atoms with Gasteiger partial charge in [0.05, 0.1) is 22.9 Å². The molecule has 0 aliphatic heterocycles. The fourth-order valence-corrected chi connectivity index (χ4v) is 5.60. The Bertz CT molecular complexity index is 2010. The van der Waals surface area contributed by atoms with Gasteiger partial charge in [-0.15, -0.1) is 13.2 Å². The second-order valence-corrected chi connectivity index (χ2v) is 11.6. The highest BCUT2D eigenvalue weighted by atomic mass is 19.4. The molecular formula is C37H30F3N3O7. The number of nitrogens with zero attached hydrogens (tertiary/aromatic N) is 1. The average Bonchev–Trinajstić information content (AvgIpc) is 3.09. The molecular weight excluding hydrogens is 655 g/mol. The summed E-state index contributed by atoms with van der Waals surface area (Å²) in [7, 11) is 0. The van der Waals surface area contributed by atoms with E-state index < -0.39 is 18.2 Å². The smallest absolute Gasteiger partial charge is 0.490 e. The zero-order chi connectivity index (χ0) is 35.3. The number of aromatic carboxylic acids is 1. The lowest BCUT2D eigenvalue weighted by atomic mass is 9.92. The van der Waals surface area contributed by atoms with E-state index in [1.54, 1.807) is 24.3 Å². The molecule has 0 unspecified atom stereocenters.